The number of alkyl halides is 3. The molecule has 4 nitrogen and oxygen atoms in total. The first-order chi connectivity index (χ1) is 10.4. The average molecular weight is 327 g/mol. The van der Waals surface area contributed by atoms with Crippen molar-refractivity contribution in [2.75, 3.05) is 5.32 Å². The molecule has 0 saturated heterocycles. The third kappa shape index (κ3) is 4.32. The molecule has 2 N–H and O–H groups in total. The zero-order valence-corrected chi connectivity index (χ0v) is 12.3. The summed E-state index contributed by atoms with van der Waals surface area (Å²) >= 11 is 4.98. The van der Waals surface area contributed by atoms with Gasteiger partial charge < -0.3 is 9.73 Å². The molecule has 1 aromatic heterocycles. The number of halogens is 3. The van der Waals surface area contributed by atoms with Gasteiger partial charge in [0.15, 0.2) is 5.11 Å². The Morgan fingerprint density at radius 1 is 1.23 bits per heavy atom. The predicted octanol–water partition coefficient (Wildman–Crippen LogP) is 4.01. The second-order valence-corrected chi connectivity index (χ2v) is 4.73. The highest BCUT2D eigenvalue weighted by atomic mass is 32.1. The van der Waals surface area contributed by atoms with E-state index in [0.29, 0.717) is 11.5 Å². The van der Waals surface area contributed by atoms with Crippen molar-refractivity contribution in [2.24, 2.45) is 5.10 Å². The van der Waals surface area contributed by atoms with Crippen molar-refractivity contribution in [3.05, 3.63) is 54.0 Å². The number of hydrogen-bond acceptors (Lipinski definition) is 3. The Morgan fingerprint density at radius 3 is 2.64 bits per heavy atom. The van der Waals surface area contributed by atoms with Crippen molar-refractivity contribution in [1.82, 2.24) is 5.43 Å². The molecule has 0 radical (unpaired) electrons. The van der Waals surface area contributed by atoms with E-state index in [0.717, 1.165) is 12.1 Å². The SMILES string of the molecule is C/C(=N\NC(=S)Nc1cccc(C(F)(F)F)c1)c1ccco1. The molecule has 0 spiro atoms. The Bertz CT molecular complexity index is 681. The van der Waals surface area contributed by atoms with Gasteiger partial charge in [-0.1, -0.05) is 6.07 Å². The van der Waals surface area contributed by atoms with Gasteiger partial charge in [-0.25, -0.2) is 0 Å². The van der Waals surface area contributed by atoms with Crippen LogP contribution in [0.1, 0.15) is 18.2 Å². The summed E-state index contributed by atoms with van der Waals surface area (Å²) in [4.78, 5) is 0. The Hall–Kier alpha value is -2.35. The molecule has 8 heteroatoms. The van der Waals surface area contributed by atoms with Crippen LogP contribution in [0.2, 0.25) is 0 Å². The summed E-state index contributed by atoms with van der Waals surface area (Å²) < 4.78 is 43.0. The smallest absolute Gasteiger partial charge is 0.416 e. The van der Waals surface area contributed by atoms with Crippen LogP contribution < -0.4 is 10.7 Å². The van der Waals surface area contributed by atoms with E-state index >= 15 is 0 Å². The highest BCUT2D eigenvalue weighted by Crippen LogP contribution is 2.30. The Labute approximate surface area is 130 Å². The van der Waals surface area contributed by atoms with Gasteiger partial charge in [0, 0.05) is 5.69 Å². The lowest BCUT2D eigenvalue weighted by Gasteiger charge is -2.11. The predicted molar refractivity (Wildman–Crippen MR) is 81.7 cm³/mol. The monoisotopic (exact) mass is 327 g/mol. The molecule has 0 bridgehead atoms. The molecular formula is C14H12F3N3OS. The number of anilines is 1. The molecule has 2 rings (SSSR count). The van der Waals surface area contributed by atoms with Gasteiger partial charge in [0.05, 0.1) is 11.8 Å². The van der Waals surface area contributed by atoms with Gasteiger partial charge in [0.25, 0.3) is 0 Å². The van der Waals surface area contributed by atoms with Crippen molar-refractivity contribution in [1.29, 1.82) is 0 Å². The molecule has 116 valence electrons. The number of furan rings is 1. The maximum absolute atomic E-state index is 12.6. The minimum Gasteiger partial charge on any atom is -0.463 e. The fraction of sp³-hybridized carbons (Fsp3) is 0.143. The summed E-state index contributed by atoms with van der Waals surface area (Å²) in [6.07, 6.45) is -2.89. The van der Waals surface area contributed by atoms with Crippen LogP contribution in [-0.4, -0.2) is 10.8 Å². The van der Waals surface area contributed by atoms with E-state index in [-0.39, 0.29) is 10.8 Å². The average Bonchev–Trinajstić information content (AvgIpc) is 2.98. The van der Waals surface area contributed by atoms with E-state index in [1.54, 1.807) is 19.1 Å². The number of rotatable bonds is 3. The lowest BCUT2D eigenvalue weighted by atomic mass is 10.2. The summed E-state index contributed by atoms with van der Waals surface area (Å²) in [5.41, 5.74) is 2.56. The van der Waals surface area contributed by atoms with Crippen LogP contribution in [0.25, 0.3) is 0 Å². The van der Waals surface area contributed by atoms with Crippen molar-refractivity contribution < 1.29 is 17.6 Å². The first-order valence-electron chi connectivity index (χ1n) is 6.18. The summed E-state index contributed by atoms with van der Waals surface area (Å²) in [6.45, 7) is 1.71. The topological polar surface area (TPSA) is 49.6 Å². The van der Waals surface area contributed by atoms with Crippen molar-refractivity contribution >= 4 is 28.7 Å². The molecule has 0 atom stereocenters. The van der Waals surface area contributed by atoms with E-state index < -0.39 is 11.7 Å². The Balaban J connectivity index is 1.99. The highest BCUT2D eigenvalue weighted by molar-refractivity contribution is 7.80. The van der Waals surface area contributed by atoms with E-state index in [4.69, 9.17) is 16.6 Å². The van der Waals surface area contributed by atoms with E-state index in [1.165, 1.54) is 18.4 Å². The van der Waals surface area contributed by atoms with Crippen LogP contribution in [0.15, 0.2) is 52.2 Å². The van der Waals surface area contributed by atoms with Crippen molar-refractivity contribution in [3.63, 3.8) is 0 Å². The Kier molecular flexibility index (Phi) is 4.81. The van der Waals surface area contributed by atoms with Gasteiger partial charge in [-0.15, -0.1) is 0 Å². The molecule has 22 heavy (non-hydrogen) atoms. The normalized spacial score (nSPS) is 12.1. The lowest BCUT2D eigenvalue weighted by molar-refractivity contribution is -0.137. The zero-order valence-electron chi connectivity index (χ0n) is 11.4. The van der Waals surface area contributed by atoms with Crippen LogP contribution in [0, 0.1) is 0 Å². The third-order valence-electron chi connectivity index (χ3n) is 2.65. The summed E-state index contributed by atoms with van der Waals surface area (Å²) in [5.74, 6) is 0.564. The van der Waals surface area contributed by atoms with Gasteiger partial charge in [-0.3, -0.25) is 5.43 Å². The van der Waals surface area contributed by atoms with E-state index in [1.807, 2.05) is 0 Å². The van der Waals surface area contributed by atoms with Crippen molar-refractivity contribution in [3.8, 4) is 0 Å². The number of hydrazone groups is 1. The molecule has 0 aliphatic carbocycles. The molecule has 0 aliphatic rings. The second kappa shape index (κ2) is 6.61. The first-order valence-corrected chi connectivity index (χ1v) is 6.59. The summed E-state index contributed by atoms with van der Waals surface area (Å²) in [7, 11) is 0. The van der Waals surface area contributed by atoms with Crippen LogP contribution in [0.5, 0.6) is 0 Å². The molecule has 1 heterocycles. The fourth-order valence-electron chi connectivity index (χ4n) is 1.61. The number of hydrogen-bond donors (Lipinski definition) is 2. The lowest BCUT2D eigenvalue weighted by Crippen LogP contribution is -2.25. The largest absolute Gasteiger partial charge is 0.463 e. The Morgan fingerprint density at radius 2 is 2.00 bits per heavy atom. The van der Waals surface area contributed by atoms with Crippen LogP contribution >= 0.6 is 12.2 Å². The van der Waals surface area contributed by atoms with Gasteiger partial charge in [-0.2, -0.15) is 18.3 Å². The first kappa shape index (κ1) is 16.0. The van der Waals surface area contributed by atoms with E-state index in [2.05, 4.69) is 15.8 Å². The molecule has 1 aromatic carbocycles. The van der Waals surface area contributed by atoms with Gasteiger partial charge in [-0.05, 0) is 49.5 Å². The number of nitrogens with one attached hydrogen (secondary N) is 2. The summed E-state index contributed by atoms with van der Waals surface area (Å²) in [6, 6.07) is 8.17. The zero-order chi connectivity index (χ0) is 16.2. The number of benzene rings is 1. The highest BCUT2D eigenvalue weighted by Gasteiger charge is 2.30. The minimum absolute atomic E-state index is 0.0743. The second-order valence-electron chi connectivity index (χ2n) is 4.32. The standard InChI is InChI=1S/C14H12F3N3OS/c1-9(12-6-3-7-21-12)19-20-13(22)18-11-5-2-4-10(8-11)14(15,16)17/h2-8H,1H3,(H2,18,20,22)/b19-9+. The van der Waals surface area contributed by atoms with Gasteiger partial charge in [0.2, 0.25) is 0 Å². The third-order valence-corrected chi connectivity index (χ3v) is 2.84. The molecule has 0 amide bonds. The van der Waals surface area contributed by atoms with Crippen LogP contribution in [0.4, 0.5) is 18.9 Å². The molecule has 0 fully saturated rings. The van der Waals surface area contributed by atoms with Crippen LogP contribution in [-0.2, 0) is 6.18 Å². The number of nitrogens with zero attached hydrogens (tertiary/aromatic N) is 1. The maximum Gasteiger partial charge on any atom is 0.416 e. The molecule has 0 unspecified atom stereocenters. The van der Waals surface area contributed by atoms with Crippen molar-refractivity contribution in [2.45, 2.75) is 13.1 Å². The number of thiocarbonyl (C=S) groups is 1. The van der Waals surface area contributed by atoms with Gasteiger partial charge >= 0.3 is 6.18 Å². The molecule has 0 saturated carbocycles. The molecule has 2 aromatic rings. The minimum atomic E-state index is -4.40. The maximum atomic E-state index is 12.6. The van der Waals surface area contributed by atoms with Crippen LogP contribution in [0.3, 0.4) is 0 Å². The summed E-state index contributed by atoms with van der Waals surface area (Å²) in [5, 5.41) is 6.69. The fourth-order valence-corrected chi connectivity index (χ4v) is 1.77. The molecule has 0 aliphatic heterocycles. The van der Waals surface area contributed by atoms with E-state index in [9.17, 15) is 13.2 Å². The molecular weight excluding hydrogens is 315 g/mol. The quantitative estimate of drug-likeness (QED) is 0.508. The van der Waals surface area contributed by atoms with Gasteiger partial charge in [0.1, 0.15) is 11.5 Å².